The third-order valence-electron chi connectivity index (χ3n) is 7.83. The molecule has 1 saturated carbocycles. The van der Waals surface area contributed by atoms with Crippen LogP contribution in [0, 0.1) is 6.92 Å². The van der Waals surface area contributed by atoms with Gasteiger partial charge in [0.2, 0.25) is 0 Å². The molecule has 184 valence electrons. The maximum atomic E-state index is 4.45. The summed E-state index contributed by atoms with van der Waals surface area (Å²) in [5.74, 6) is 0. The Morgan fingerprint density at radius 2 is 1.11 bits per heavy atom. The average Bonchev–Trinajstić information content (AvgIpc) is 3.45. The molecule has 1 aliphatic carbocycles. The first-order chi connectivity index (χ1) is 17.7. The van der Waals surface area contributed by atoms with Crippen molar-refractivity contribution in [3.63, 3.8) is 0 Å². The summed E-state index contributed by atoms with van der Waals surface area (Å²) in [7, 11) is 0. The highest BCUT2D eigenvalue weighted by molar-refractivity contribution is 7.17. The second-order valence-corrected chi connectivity index (χ2v) is 11.2. The molecule has 5 heteroatoms. The third-order valence-corrected chi connectivity index (χ3v) is 8.85. The van der Waals surface area contributed by atoms with E-state index in [0.717, 1.165) is 40.3 Å². The van der Waals surface area contributed by atoms with Gasteiger partial charge in [-0.1, -0.05) is 96.8 Å². The second kappa shape index (κ2) is 10.5. The van der Waals surface area contributed by atoms with Crippen molar-refractivity contribution in [3.05, 3.63) is 78.4 Å². The van der Waals surface area contributed by atoms with E-state index in [2.05, 4.69) is 99.7 Å². The Morgan fingerprint density at radius 1 is 0.611 bits per heavy atom. The monoisotopic (exact) mass is 494 g/mol. The minimum atomic E-state index is 0.834. The van der Waals surface area contributed by atoms with Gasteiger partial charge in [-0.15, -0.1) is 10.2 Å². The molecule has 1 aromatic heterocycles. The molecule has 0 radical (unpaired) electrons. The molecule has 2 fully saturated rings. The maximum Gasteiger partial charge on any atom is 0.148 e. The zero-order valence-corrected chi connectivity index (χ0v) is 21.9. The summed E-state index contributed by atoms with van der Waals surface area (Å²) in [6.45, 7) is 6.77. The first kappa shape index (κ1) is 23.4. The highest BCUT2D eigenvalue weighted by Gasteiger charge is 2.25. The molecule has 3 aromatic carbocycles. The zero-order valence-electron chi connectivity index (χ0n) is 21.1. The highest BCUT2D eigenvalue weighted by atomic mass is 32.1. The van der Waals surface area contributed by atoms with E-state index in [1.165, 1.54) is 67.6 Å². The first-order valence-corrected chi connectivity index (χ1v) is 14.1. The fourth-order valence-corrected chi connectivity index (χ4v) is 6.47. The van der Waals surface area contributed by atoms with E-state index in [0.29, 0.717) is 0 Å². The van der Waals surface area contributed by atoms with Crippen molar-refractivity contribution in [2.75, 3.05) is 31.1 Å². The smallest absolute Gasteiger partial charge is 0.148 e. The number of benzene rings is 3. The number of nitrogens with zero attached hydrogens (tertiary/aromatic N) is 4. The fraction of sp³-hybridized carbons (Fsp3) is 0.355. The third kappa shape index (κ3) is 5.09. The number of aromatic nitrogens is 2. The van der Waals surface area contributed by atoms with E-state index in [1.54, 1.807) is 11.3 Å². The van der Waals surface area contributed by atoms with Gasteiger partial charge in [-0.3, -0.25) is 4.90 Å². The summed E-state index contributed by atoms with van der Waals surface area (Å²) in [5, 5.41) is 10.8. The molecule has 4 nitrogen and oxygen atoms in total. The largest absolute Gasteiger partial charge is 0.369 e. The zero-order chi connectivity index (χ0) is 24.3. The Labute approximate surface area is 218 Å². The minimum absolute atomic E-state index is 0.834. The molecular formula is C31H34N4S. The SMILES string of the molecule is Cc1ccc(-c2nnc(-c3ccc(-c4ccc(N5CCN(C6CCCCC6)CC5)cc4)cc3)s2)cc1. The summed E-state index contributed by atoms with van der Waals surface area (Å²) in [6.07, 6.45) is 7.08. The van der Waals surface area contributed by atoms with Gasteiger partial charge >= 0.3 is 0 Å². The topological polar surface area (TPSA) is 32.3 Å². The van der Waals surface area contributed by atoms with Crippen LogP contribution >= 0.6 is 11.3 Å². The molecule has 0 N–H and O–H groups in total. The highest BCUT2D eigenvalue weighted by Crippen LogP contribution is 2.32. The van der Waals surface area contributed by atoms with Gasteiger partial charge in [-0.05, 0) is 43.0 Å². The van der Waals surface area contributed by atoms with Crippen LogP contribution in [0.1, 0.15) is 37.7 Å². The van der Waals surface area contributed by atoms with Crippen LogP contribution in [0.5, 0.6) is 0 Å². The molecule has 36 heavy (non-hydrogen) atoms. The van der Waals surface area contributed by atoms with Crippen molar-refractivity contribution < 1.29 is 0 Å². The maximum absolute atomic E-state index is 4.45. The van der Waals surface area contributed by atoms with Crippen molar-refractivity contribution in [1.82, 2.24) is 15.1 Å². The Kier molecular flexibility index (Phi) is 6.84. The minimum Gasteiger partial charge on any atom is -0.369 e. The van der Waals surface area contributed by atoms with Crippen LogP contribution in [0.2, 0.25) is 0 Å². The molecule has 0 unspecified atom stereocenters. The Balaban J connectivity index is 1.09. The lowest BCUT2D eigenvalue weighted by Gasteiger charge is -2.41. The van der Waals surface area contributed by atoms with Crippen LogP contribution in [0.4, 0.5) is 5.69 Å². The predicted octanol–water partition coefficient (Wildman–Crippen LogP) is 7.30. The lowest BCUT2D eigenvalue weighted by molar-refractivity contribution is 0.148. The van der Waals surface area contributed by atoms with Crippen LogP contribution in [0.15, 0.2) is 72.8 Å². The summed E-state index contributed by atoms with van der Waals surface area (Å²) in [4.78, 5) is 5.29. The van der Waals surface area contributed by atoms with Crippen molar-refractivity contribution in [3.8, 4) is 32.3 Å². The van der Waals surface area contributed by atoms with Crippen LogP contribution in [0.3, 0.4) is 0 Å². The van der Waals surface area contributed by atoms with Gasteiger partial charge < -0.3 is 4.90 Å². The average molecular weight is 495 g/mol. The molecule has 0 atom stereocenters. The van der Waals surface area contributed by atoms with Crippen molar-refractivity contribution in [1.29, 1.82) is 0 Å². The Morgan fingerprint density at radius 3 is 1.69 bits per heavy atom. The molecule has 2 aliphatic rings. The van der Waals surface area contributed by atoms with E-state index < -0.39 is 0 Å². The van der Waals surface area contributed by atoms with Gasteiger partial charge in [0.25, 0.3) is 0 Å². The molecule has 0 bridgehead atoms. The van der Waals surface area contributed by atoms with E-state index in [4.69, 9.17) is 0 Å². The van der Waals surface area contributed by atoms with Crippen LogP contribution in [-0.4, -0.2) is 47.3 Å². The molecule has 6 rings (SSSR count). The van der Waals surface area contributed by atoms with Gasteiger partial charge in [0, 0.05) is 49.0 Å². The summed E-state index contributed by atoms with van der Waals surface area (Å²) >= 11 is 1.64. The number of aryl methyl sites for hydroxylation is 1. The fourth-order valence-electron chi connectivity index (χ4n) is 5.61. The lowest BCUT2D eigenvalue weighted by Crippen LogP contribution is -2.50. The van der Waals surface area contributed by atoms with E-state index >= 15 is 0 Å². The van der Waals surface area contributed by atoms with Gasteiger partial charge in [0.05, 0.1) is 0 Å². The normalized spacial score (nSPS) is 17.4. The number of piperazine rings is 1. The summed E-state index contributed by atoms with van der Waals surface area (Å²) in [5.41, 5.74) is 7.32. The number of hydrogen-bond donors (Lipinski definition) is 0. The molecule has 1 saturated heterocycles. The molecule has 0 spiro atoms. The summed E-state index contributed by atoms with van der Waals surface area (Å²) in [6, 6.07) is 27.1. The standard InChI is InChI=1S/C31H34N4S/c1-23-7-9-26(10-8-23)30-32-33-31(36-30)27-13-11-24(12-14-27)25-15-17-29(18-16-25)35-21-19-34(20-22-35)28-5-3-2-4-6-28/h7-18,28H,2-6,19-22H2,1H3. The summed E-state index contributed by atoms with van der Waals surface area (Å²) < 4.78 is 0. The van der Waals surface area contributed by atoms with Crippen LogP contribution in [-0.2, 0) is 0 Å². The first-order valence-electron chi connectivity index (χ1n) is 13.3. The van der Waals surface area contributed by atoms with E-state index in [1.807, 2.05) is 0 Å². The van der Waals surface area contributed by atoms with E-state index in [-0.39, 0.29) is 0 Å². The van der Waals surface area contributed by atoms with Crippen LogP contribution in [0.25, 0.3) is 32.3 Å². The molecule has 2 heterocycles. The Hall–Kier alpha value is -3.02. The second-order valence-electron chi connectivity index (χ2n) is 10.2. The molecule has 1 aliphatic heterocycles. The van der Waals surface area contributed by atoms with Crippen molar-refractivity contribution in [2.24, 2.45) is 0 Å². The number of hydrogen-bond acceptors (Lipinski definition) is 5. The molecular weight excluding hydrogens is 460 g/mol. The number of rotatable bonds is 5. The van der Waals surface area contributed by atoms with Gasteiger partial charge in [0.1, 0.15) is 10.0 Å². The molecule has 0 amide bonds. The lowest BCUT2D eigenvalue weighted by atomic mass is 9.94. The van der Waals surface area contributed by atoms with Gasteiger partial charge in [-0.2, -0.15) is 0 Å². The Bertz CT molecular complexity index is 1260. The quantitative estimate of drug-likeness (QED) is 0.291. The van der Waals surface area contributed by atoms with Crippen molar-refractivity contribution >= 4 is 17.0 Å². The number of anilines is 1. The predicted molar refractivity (Wildman–Crippen MR) is 152 cm³/mol. The van der Waals surface area contributed by atoms with Crippen LogP contribution < -0.4 is 4.90 Å². The molecule has 4 aromatic rings. The van der Waals surface area contributed by atoms with E-state index in [9.17, 15) is 0 Å². The van der Waals surface area contributed by atoms with Crippen molar-refractivity contribution in [2.45, 2.75) is 45.1 Å². The van der Waals surface area contributed by atoms with Gasteiger partial charge in [0.15, 0.2) is 0 Å². The van der Waals surface area contributed by atoms with Gasteiger partial charge in [-0.25, -0.2) is 0 Å².